The lowest BCUT2D eigenvalue weighted by Crippen LogP contribution is -2.47. The van der Waals surface area contributed by atoms with Crippen molar-refractivity contribution in [1.29, 1.82) is 0 Å². The van der Waals surface area contributed by atoms with Crippen LogP contribution in [0.1, 0.15) is 23.4 Å². The zero-order valence-electron chi connectivity index (χ0n) is 8.16. The number of piperidine rings is 1. The fourth-order valence-corrected chi connectivity index (χ4v) is 1.52. The predicted octanol–water partition coefficient (Wildman–Crippen LogP) is 0.288. The van der Waals surface area contributed by atoms with Gasteiger partial charge in [-0.25, -0.2) is 0 Å². The van der Waals surface area contributed by atoms with E-state index in [2.05, 4.69) is 10.6 Å². The molecule has 80 valence electrons. The van der Waals surface area contributed by atoms with E-state index in [4.69, 9.17) is 4.42 Å². The minimum Gasteiger partial charge on any atom is -0.459 e. The van der Waals surface area contributed by atoms with Crippen LogP contribution in [0.25, 0.3) is 0 Å². The van der Waals surface area contributed by atoms with Crippen molar-refractivity contribution in [3.05, 3.63) is 24.2 Å². The van der Waals surface area contributed by atoms with E-state index in [9.17, 15) is 9.59 Å². The van der Waals surface area contributed by atoms with E-state index < -0.39 is 0 Å². The third-order valence-electron chi connectivity index (χ3n) is 2.35. The van der Waals surface area contributed by atoms with Gasteiger partial charge in [0.2, 0.25) is 5.91 Å². The van der Waals surface area contributed by atoms with Gasteiger partial charge in [0.05, 0.1) is 6.26 Å². The molecule has 2 rings (SSSR count). The molecule has 0 bridgehead atoms. The number of hydrogen-bond acceptors (Lipinski definition) is 3. The number of carbonyl (C=O) groups is 2. The van der Waals surface area contributed by atoms with Crippen molar-refractivity contribution in [1.82, 2.24) is 10.6 Å². The van der Waals surface area contributed by atoms with Gasteiger partial charge >= 0.3 is 0 Å². The van der Waals surface area contributed by atoms with Crippen LogP contribution in [0.5, 0.6) is 0 Å². The summed E-state index contributed by atoms with van der Waals surface area (Å²) in [6, 6.07) is 3.27. The molecule has 0 aromatic carbocycles. The van der Waals surface area contributed by atoms with E-state index >= 15 is 0 Å². The van der Waals surface area contributed by atoms with Crippen molar-refractivity contribution in [3.8, 4) is 0 Å². The summed E-state index contributed by atoms with van der Waals surface area (Å²) in [5.74, 6) is 0.103. The molecule has 0 spiro atoms. The van der Waals surface area contributed by atoms with E-state index in [0.29, 0.717) is 25.1 Å². The Labute approximate surface area is 86.8 Å². The average Bonchev–Trinajstić information content (AvgIpc) is 2.74. The largest absolute Gasteiger partial charge is 0.459 e. The van der Waals surface area contributed by atoms with Crippen LogP contribution in [0.15, 0.2) is 22.8 Å². The third-order valence-corrected chi connectivity index (χ3v) is 2.35. The van der Waals surface area contributed by atoms with Crippen molar-refractivity contribution >= 4 is 11.8 Å². The van der Waals surface area contributed by atoms with Gasteiger partial charge in [-0.3, -0.25) is 9.59 Å². The summed E-state index contributed by atoms with van der Waals surface area (Å²) in [5, 5.41) is 5.49. The Morgan fingerprint density at radius 1 is 1.60 bits per heavy atom. The van der Waals surface area contributed by atoms with Crippen molar-refractivity contribution in [3.63, 3.8) is 0 Å². The van der Waals surface area contributed by atoms with Gasteiger partial charge in [-0.05, 0) is 18.6 Å². The van der Waals surface area contributed by atoms with E-state index in [0.717, 1.165) is 0 Å². The van der Waals surface area contributed by atoms with Crippen LogP contribution in [-0.4, -0.2) is 24.4 Å². The number of amides is 2. The molecule has 5 heteroatoms. The lowest BCUT2D eigenvalue weighted by molar-refractivity contribution is -0.122. The standard InChI is InChI=1S/C10H12N2O3/c13-9-4-3-7(6-11-9)12-10(14)8-2-1-5-15-8/h1-2,5,7H,3-4,6H2,(H,11,13)(H,12,14). The number of hydrogen-bond donors (Lipinski definition) is 2. The second-order valence-corrected chi connectivity index (χ2v) is 3.49. The molecule has 0 radical (unpaired) electrons. The van der Waals surface area contributed by atoms with Crippen LogP contribution in [0, 0.1) is 0 Å². The molecule has 5 nitrogen and oxygen atoms in total. The van der Waals surface area contributed by atoms with E-state index in [1.165, 1.54) is 6.26 Å². The van der Waals surface area contributed by atoms with Gasteiger partial charge in [0.1, 0.15) is 0 Å². The Balaban J connectivity index is 1.87. The third kappa shape index (κ3) is 2.37. The van der Waals surface area contributed by atoms with E-state index in [1.54, 1.807) is 12.1 Å². The zero-order valence-corrected chi connectivity index (χ0v) is 8.16. The molecule has 1 aromatic rings. The molecule has 2 N–H and O–H groups in total. The summed E-state index contributed by atoms with van der Waals surface area (Å²) in [4.78, 5) is 22.4. The summed E-state index contributed by atoms with van der Waals surface area (Å²) in [6.07, 6.45) is 2.60. The molecule has 2 amide bonds. The molecule has 1 aliphatic rings. The SMILES string of the molecule is O=C1CCC(NC(=O)c2ccco2)CN1. The maximum atomic E-state index is 11.5. The number of furan rings is 1. The first-order valence-electron chi connectivity index (χ1n) is 4.87. The number of rotatable bonds is 2. The molecule has 1 aromatic heterocycles. The van der Waals surface area contributed by atoms with Crippen LogP contribution in [0.3, 0.4) is 0 Å². The monoisotopic (exact) mass is 208 g/mol. The Kier molecular flexibility index (Phi) is 2.71. The molecule has 1 unspecified atom stereocenters. The minimum atomic E-state index is -0.235. The summed E-state index contributed by atoms with van der Waals surface area (Å²) >= 11 is 0. The summed E-state index contributed by atoms with van der Waals surface area (Å²) in [7, 11) is 0. The Morgan fingerprint density at radius 3 is 3.07 bits per heavy atom. The van der Waals surface area contributed by atoms with Gasteiger partial charge in [0.15, 0.2) is 5.76 Å². The van der Waals surface area contributed by atoms with Crippen LogP contribution in [-0.2, 0) is 4.79 Å². The lowest BCUT2D eigenvalue weighted by atomic mass is 10.1. The van der Waals surface area contributed by atoms with Gasteiger partial charge in [-0.2, -0.15) is 0 Å². The van der Waals surface area contributed by atoms with Gasteiger partial charge < -0.3 is 15.1 Å². The maximum Gasteiger partial charge on any atom is 0.287 e. The van der Waals surface area contributed by atoms with Gasteiger partial charge in [-0.15, -0.1) is 0 Å². The topological polar surface area (TPSA) is 71.3 Å². The van der Waals surface area contributed by atoms with Crippen LogP contribution < -0.4 is 10.6 Å². The highest BCUT2D eigenvalue weighted by Crippen LogP contribution is 2.05. The van der Waals surface area contributed by atoms with E-state index in [1.807, 2.05) is 0 Å². The predicted molar refractivity (Wildman–Crippen MR) is 52.2 cm³/mol. The lowest BCUT2D eigenvalue weighted by Gasteiger charge is -2.22. The van der Waals surface area contributed by atoms with Crippen molar-refractivity contribution in [2.75, 3.05) is 6.54 Å². The highest BCUT2D eigenvalue weighted by atomic mass is 16.3. The molecule has 15 heavy (non-hydrogen) atoms. The molecular weight excluding hydrogens is 196 g/mol. The average molecular weight is 208 g/mol. The quantitative estimate of drug-likeness (QED) is 0.733. The van der Waals surface area contributed by atoms with Crippen molar-refractivity contribution < 1.29 is 14.0 Å². The zero-order chi connectivity index (χ0) is 10.7. The fourth-order valence-electron chi connectivity index (χ4n) is 1.52. The molecule has 0 saturated carbocycles. The van der Waals surface area contributed by atoms with Crippen LogP contribution >= 0.6 is 0 Å². The van der Waals surface area contributed by atoms with Gasteiger partial charge in [-0.1, -0.05) is 0 Å². The first kappa shape index (κ1) is 9.76. The van der Waals surface area contributed by atoms with Crippen molar-refractivity contribution in [2.24, 2.45) is 0 Å². The van der Waals surface area contributed by atoms with Crippen molar-refractivity contribution in [2.45, 2.75) is 18.9 Å². The van der Waals surface area contributed by atoms with E-state index in [-0.39, 0.29) is 17.9 Å². The number of carbonyl (C=O) groups excluding carboxylic acids is 2. The second kappa shape index (κ2) is 4.16. The van der Waals surface area contributed by atoms with Crippen LogP contribution in [0.4, 0.5) is 0 Å². The Bertz CT molecular complexity index is 349. The van der Waals surface area contributed by atoms with Crippen LogP contribution in [0.2, 0.25) is 0 Å². The second-order valence-electron chi connectivity index (χ2n) is 3.49. The highest BCUT2D eigenvalue weighted by Gasteiger charge is 2.20. The molecule has 1 saturated heterocycles. The molecule has 1 fully saturated rings. The van der Waals surface area contributed by atoms with Gasteiger partial charge in [0, 0.05) is 19.0 Å². The molecule has 1 aliphatic heterocycles. The number of nitrogens with one attached hydrogen (secondary N) is 2. The Morgan fingerprint density at radius 2 is 2.47 bits per heavy atom. The molecule has 1 atom stereocenters. The minimum absolute atomic E-state index is 0.000278. The summed E-state index contributed by atoms with van der Waals surface area (Å²) in [5.41, 5.74) is 0. The molecular formula is C10H12N2O3. The first-order chi connectivity index (χ1) is 7.25. The normalized spacial score (nSPS) is 20.8. The van der Waals surface area contributed by atoms with Gasteiger partial charge in [0.25, 0.3) is 5.91 Å². The summed E-state index contributed by atoms with van der Waals surface area (Å²) < 4.78 is 4.96. The fraction of sp³-hybridized carbons (Fsp3) is 0.400. The smallest absolute Gasteiger partial charge is 0.287 e. The first-order valence-corrected chi connectivity index (χ1v) is 4.87. The highest BCUT2D eigenvalue weighted by molar-refractivity contribution is 5.91. The molecule has 0 aliphatic carbocycles. The molecule has 2 heterocycles. The Hall–Kier alpha value is -1.78. The summed E-state index contributed by atoms with van der Waals surface area (Å²) in [6.45, 7) is 0.491. The maximum absolute atomic E-state index is 11.5.